The molecule has 2 heterocycles. The van der Waals surface area contributed by atoms with Crippen LogP contribution in [0.3, 0.4) is 0 Å². The number of aromatic nitrogens is 2. The number of thiazole rings is 1. The topological polar surface area (TPSA) is 46.9 Å². The number of fused-ring (bicyclic) bond motifs is 2. The van der Waals surface area contributed by atoms with Gasteiger partial charge in [0.15, 0.2) is 5.13 Å². The third-order valence-corrected chi connectivity index (χ3v) is 6.84. The number of hydrogen-bond acceptors (Lipinski definition) is 4. The molecule has 0 radical (unpaired) electrons. The van der Waals surface area contributed by atoms with E-state index in [1.54, 1.807) is 11.8 Å². The second-order valence-corrected chi connectivity index (χ2v) is 9.00. The maximum absolute atomic E-state index is 12.5. The Morgan fingerprint density at radius 1 is 0.967 bits per heavy atom. The van der Waals surface area contributed by atoms with Gasteiger partial charge in [-0.05, 0) is 23.8 Å². The highest BCUT2D eigenvalue weighted by Crippen LogP contribution is 2.31. The first-order valence-corrected chi connectivity index (χ1v) is 11.5. The fourth-order valence-corrected chi connectivity index (χ4v) is 5.23. The summed E-state index contributed by atoms with van der Waals surface area (Å²) in [4.78, 5) is 18.1. The third kappa shape index (κ3) is 3.97. The first-order chi connectivity index (χ1) is 14.8. The van der Waals surface area contributed by atoms with Crippen LogP contribution in [0.25, 0.3) is 21.1 Å². The highest BCUT2D eigenvalue weighted by Gasteiger charge is 2.12. The van der Waals surface area contributed by atoms with Crippen LogP contribution in [0.4, 0.5) is 5.13 Å². The van der Waals surface area contributed by atoms with Crippen LogP contribution in [0.2, 0.25) is 0 Å². The molecule has 0 spiro atoms. The lowest BCUT2D eigenvalue weighted by Gasteiger charge is -2.05. The molecule has 0 unspecified atom stereocenters. The van der Waals surface area contributed by atoms with Crippen LogP contribution < -0.4 is 5.32 Å². The summed E-state index contributed by atoms with van der Waals surface area (Å²) in [5, 5.41) is 4.76. The molecular weight excluding hydrogens is 410 g/mol. The van der Waals surface area contributed by atoms with Gasteiger partial charge in [-0.1, -0.05) is 72.0 Å². The second-order valence-electron chi connectivity index (χ2n) is 6.95. The van der Waals surface area contributed by atoms with Gasteiger partial charge in [-0.3, -0.25) is 4.79 Å². The van der Waals surface area contributed by atoms with Crippen LogP contribution in [0.15, 0.2) is 90.0 Å². The highest BCUT2D eigenvalue weighted by atomic mass is 32.2. The quantitative estimate of drug-likeness (QED) is 0.335. The molecule has 3 aromatic carbocycles. The number of nitrogens with one attached hydrogen (secondary N) is 1. The fourth-order valence-electron chi connectivity index (χ4n) is 3.46. The summed E-state index contributed by atoms with van der Waals surface area (Å²) >= 11 is 3.06. The fraction of sp³-hybridized carbons (Fsp3) is 0.0833. The van der Waals surface area contributed by atoms with Crippen molar-refractivity contribution in [3.05, 3.63) is 90.6 Å². The Balaban J connectivity index is 1.32. The lowest BCUT2D eigenvalue weighted by molar-refractivity contribution is -0.113. The van der Waals surface area contributed by atoms with Gasteiger partial charge in [-0.15, -0.1) is 11.8 Å². The summed E-state index contributed by atoms with van der Waals surface area (Å²) in [7, 11) is 0. The van der Waals surface area contributed by atoms with Crippen molar-refractivity contribution in [3.63, 3.8) is 0 Å². The van der Waals surface area contributed by atoms with Crippen LogP contribution in [-0.4, -0.2) is 21.2 Å². The Kier molecular flexibility index (Phi) is 5.26. The van der Waals surface area contributed by atoms with Crippen molar-refractivity contribution in [1.29, 1.82) is 0 Å². The first kappa shape index (κ1) is 18.9. The van der Waals surface area contributed by atoms with Gasteiger partial charge in [0.05, 0.1) is 16.0 Å². The summed E-state index contributed by atoms with van der Waals surface area (Å²) in [5.41, 5.74) is 3.34. The minimum absolute atomic E-state index is 0.0426. The maximum atomic E-state index is 12.5. The summed E-state index contributed by atoms with van der Waals surface area (Å²) in [5.74, 6) is 0.300. The molecule has 0 aliphatic rings. The normalized spacial score (nSPS) is 11.2. The molecule has 0 aliphatic carbocycles. The Bertz CT molecular complexity index is 1290. The Labute approximate surface area is 182 Å². The molecule has 2 aromatic heterocycles. The molecule has 0 atom stereocenters. The van der Waals surface area contributed by atoms with Gasteiger partial charge in [-0.2, -0.15) is 0 Å². The number of rotatable bonds is 6. The molecule has 5 rings (SSSR count). The van der Waals surface area contributed by atoms with Crippen LogP contribution in [0.5, 0.6) is 0 Å². The number of para-hydroxylation sites is 2. The number of nitrogens with zero attached hydrogens (tertiary/aromatic N) is 2. The minimum atomic E-state index is -0.0426. The summed E-state index contributed by atoms with van der Waals surface area (Å²) in [6, 6.07) is 26.7. The van der Waals surface area contributed by atoms with Crippen molar-refractivity contribution < 1.29 is 4.79 Å². The number of hydrogen-bond donors (Lipinski definition) is 1. The average molecular weight is 430 g/mol. The minimum Gasteiger partial charge on any atom is -0.342 e. The smallest absolute Gasteiger partial charge is 0.236 e. The Morgan fingerprint density at radius 3 is 2.60 bits per heavy atom. The zero-order chi connectivity index (χ0) is 20.3. The molecule has 0 fully saturated rings. The van der Waals surface area contributed by atoms with Gasteiger partial charge in [0.2, 0.25) is 5.91 Å². The molecule has 30 heavy (non-hydrogen) atoms. The molecule has 1 N–H and O–H groups in total. The molecular formula is C24H19N3OS2. The average Bonchev–Trinajstić information content (AvgIpc) is 3.34. The zero-order valence-electron chi connectivity index (χ0n) is 16.1. The third-order valence-electron chi connectivity index (χ3n) is 4.85. The van der Waals surface area contributed by atoms with Gasteiger partial charge in [0.1, 0.15) is 0 Å². The predicted octanol–water partition coefficient (Wildman–Crippen LogP) is 6.03. The summed E-state index contributed by atoms with van der Waals surface area (Å²) in [6.07, 6.45) is 2.15. The summed E-state index contributed by atoms with van der Waals surface area (Å²) < 4.78 is 3.32. The predicted molar refractivity (Wildman–Crippen MR) is 126 cm³/mol. The molecule has 4 nitrogen and oxygen atoms in total. The monoisotopic (exact) mass is 429 g/mol. The molecule has 6 heteroatoms. The Hall–Kier alpha value is -3.09. The largest absolute Gasteiger partial charge is 0.342 e. The molecule has 0 aliphatic heterocycles. The number of anilines is 1. The van der Waals surface area contributed by atoms with Crippen LogP contribution in [0, 0.1) is 0 Å². The van der Waals surface area contributed by atoms with Crippen molar-refractivity contribution >= 4 is 55.3 Å². The molecule has 0 saturated heterocycles. The van der Waals surface area contributed by atoms with E-state index in [9.17, 15) is 4.79 Å². The summed E-state index contributed by atoms with van der Waals surface area (Å²) in [6.45, 7) is 0.805. The van der Waals surface area contributed by atoms with Gasteiger partial charge in [0, 0.05) is 28.5 Å². The van der Waals surface area contributed by atoms with E-state index in [1.807, 2.05) is 36.4 Å². The van der Waals surface area contributed by atoms with Gasteiger partial charge < -0.3 is 9.88 Å². The number of amides is 1. The van der Waals surface area contributed by atoms with E-state index < -0.39 is 0 Å². The lowest BCUT2D eigenvalue weighted by Crippen LogP contribution is -2.13. The zero-order valence-corrected chi connectivity index (χ0v) is 17.7. The highest BCUT2D eigenvalue weighted by molar-refractivity contribution is 8.00. The van der Waals surface area contributed by atoms with Crippen LogP contribution in [0.1, 0.15) is 5.56 Å². The number of thioether (sulfide) groups is 1. The van der Waals surface area contributed by atoms with Gasteiger partial charge in [-0.25, -0.2) is 4.98 Å². The van der Waals surface area contributed by atoms with Gasteiger partial charge in [0.25, 0.3) is 0 Å². The Morgan fingerprint density at radius 2 is 1.73 bits per heavy atom. The first-order valence-electron chi connectivity index (χ1n) is 9.66. The second kappa shape index (κ2) is 8.34. The van der Waals surface area contributed by atoms with Crippen molar-refractivity contribution in [2.24, 2.45) is 0 Å². The van der Waals surface area contributed by atoms with E-state index in [2.05, 4.69) is 63.5 Å². The van der Waals surface area contributed by atoms with E-state index in [4.69, 9.17) is 0 Å². The standard InChI is InChI=1S/C24H19N3OS2/c28-23(26-24-25-19-11-5-7-13-21(19)30-24)16-29-22-15-27(14-17-8-2-1-3-9-17)20-12-6-4-10-18(20)22/h1-13,15H,14,16H2,(H,25,26,28). The van der Waals surface area contributed by atoms with Crippen molar-refractivity contribution in [3.8, 4) is 0 Å². The number of carbonyl (C=O) groups excluding carboxylic acids is 1. The molecule has 148 valence electrons. The van der Waals surface area contributed by atoms with Crippen molar-refractivity contribution in [2.75, 3.05) is 11.1 Å². The van der Waals surface area contributed by atoms with Crippen LogP contribution >= 0.6 is 23.1 Å². The van der Waals surface area contributed by atoms with Gasteiger partial charge >= 0.3 is 0 Å². The van der Waals surface area contributed by atoms with E-state index in [1.165, 1.54) is 27.8 Å². The van der Waals surface area contributed by atoms with Crippen molar-refractivity contribution in [1.82, 2.24) is 9.55 Å². The molecule has 0 bridgehead atoms. The van der Waals surface area contributed by atoms with E-state index >= 15 is 0 Å². The molecule has 5 aromatic rings. The van der Waals surface area contributed by atoms with E-state index in [0.29, 0.717) is 10.9 Å². The molecule has 0 saturated carbocycles. The van der Waals surface area contributed by atoms with Crippen LogP contribution in [-0.2, 0) is 11.3 Å². The molecule has 1 amide bonds. The maximum Gasteiger partial charge on any atom is 0.236 e. The SMILES string of the molecule is O=C(CSc1cn(Cc2ccccc2)c2ccccc12)Nc1nc2ccccc2s1. The lowest BCUT2D eigenvalue weighted by atomic mass is 10.2. The van der Waals surface area contributed by atoms with Crippen molar-refractivity contribution in [2.45, 2.75) is 11.4 Å². The number of benzene rings is 3. The van der Waals surface area contributed by atoms with E-state index in [-0.39, 0.29) is 5.91 Å². The number of carbonyl (C=O) groups is 1. The van der Waals surface area contributed by atoms with E-state index in [0.717, 1.165) is 21.7 Å².